The maximum Gasteiger partial charge on any atom is 0.252 e. The number of halogens is 2. The number of rotatable bonds is 4. The van der Waals surface area contributed by atoms with E-state index in [2.05, 4.69) is 4.90 Å². The Morgan fingerprint density at radius 2 is 1.52 bits per heavy atom. The number of aliphatic hydroxyl groups is 1. The molecule has 3 aliphatic rings. The minimum atomic E-state index is -0.807. The number of fused-ring (bicyclic) bond motifs is 2. The van der Waals surface area contributed by atoms with Gasteiger partial charge in [0, 0.05) is 36.2 Å². The fourth-order valence-corrected chi connectivity index (χ4v) is 5.50. The Bertz CT molecular complexity index is 1040. The Kier molecular flexibility index (Phi) is 5.31. The number of carbonyl (C=O) groups excluding carboxylic acids is 2. The minimum Gasteiger partial charge on any atom is -0.392 e. The fraction of sp³-hybridized carbons (Fsp3) is 0.391. The first-order valence-corrected chi connectivity index (χ1v) is 11.1. The van der Waals surface area contributed by atoms with Crippen LogP contribution in [0.2, 0.25) is 10.0 Å². The van der Waals surface area contributed by atoms with Crippen LogP contribution in [0.4, 0.5) is 0 Å². The second kappa shape index (κ2) is 7.87. The molecule has 3 heterocycles. The summed E-state index contributed by atoms with van der Waals surface area (Å²) >= 11 is 12.6. The molecule has 0 bridgehead atoms. The summed E-state index contributed by atoms with van der Waals surface area (Å²) < 4.78 is 0. The number of hydrogen-bond donors (Lipinski definition) is 1. The van der Waals surface area contributed by atoms with Crippen molar-refractivity contribution in [2.75, 3.05) is 19.6 Å². The normalized spacial score (nSPS) is 25.7. The molecule has 5 rings (SSSR count). The molecule has 2 amide bonds. The quantitative estimate of drug-likeness (QED) is 0.711. The Hall–Kier alpha value is -1.96. The van der Waals surface area contributed by atoms with E-state index in [0.717, 1.165) is 11.1 Å². The molecule has 31 heavy (non-hydrogen) atoms. The number of hydrogen-bond acceptors (Lipinski definition) is 5. The summed E-state index contributed by atoms with van der Waals surface area (Å²) in [6.07, 6.45) is -0.270. The third-order valence-corrected chi connectivity index (χ3v) is 7.37. The Labute approximate surface area is 190 Å². The molecule has 0 radical (unpaired) electrons. The molecule has 162 valence electrons. The summed E-state index contributed by atoms with van der Waals surface area (Å²) in [7, 11) is 0. The van der Waals surface area contributed by atoms with E-state index in [4.69, 9.17) is 23.2 Å². The van der Waals surface area contributed by atoms with Crippen molar-refractivity contribution < 1.29 is 14.7 Å². The zero-order valence-electron chi connectivity index (χ0n) is 16.9. The van der Waals surface area contributed by atoms with Gasteiger partial charge in [0.05, 0.1) is 18.7 Å². The SMILES string of the molecule is O=C1[C@@H]2C[C@@H](O)CN2C2(CN(Cc3ccccc3Cl)C2)C(=O)N1Cc1ccccc1Cl. The van der Waals surface area contributed by atoms with Gasteiger partial charge in [0.2, 0.25) is 5.91 Å². The average Bonchev–Trinajstić information content (AvgIpc) is 3.11. The maximum absolute atomic E-state index is 13.7. The van der Waals surface area contributed by atoms with Crippen molar-refractivity contribution in [2.45, 2.75) is 37.2 Å². The van der Waals surface area contributed by atoms with E-state index in [1.807, 2.05) is 47.4 Å². The Morgan fingerprint density at radius 1 is 0.935 bits per heavy atom. The van der Waals surface area contributed by atoms with Crippen LogP contribution in [0.1, 0.15) is 17.5 Å². The van der Waals surface area contributed by atoms with Gasteiger partial charge in [-0.3, -0.25) is 24.3 Å². The number of β-amino-alcohol motifs (C(OH)–C–C–N with tert-alkyl or cyclic N) is 1. The molecular formula is C23H23Cl2N3O3. The molecular weight excluding hydrogens is 437 g/mol. The molecule has 2 aromatic carbocycles. The van der Waals surface area contributed by atoms with Gasteiger partial charge >= 0.3 is 0 Å². The lowest BCUT2D eigenvalue weighted by Gasteiger charge is -2.58. The number of aliphatic hydroxyl groups excluding tert-OH is 1. The number of piperazine rings is 1. The lowest BCUT2D eigenvalue weighted by atomic mass is 9.82. The van der Waals surface area contributed by atoms with Crippen molar-refractivity contribution in [2.24, 2.45) is 0 Å². The van der Waals surface area contributed by atoms with Crippen molar-refractivity contribution in [1.29, 1.82) is 0 Å². The first-order chi connectivity index (χ1) is 14.9. The van der Waals surface area contributed by atoms with Crippen molar-refractivity contribution in [3.05, 3.63) is 69.7 Å². The largest absolute Gasteiger partial charge is 0.392 e. The summed E-state index contributed by atoms with van der Waals surface area (Å²) in [6.45, 7) is 2.10. The predicted octanol–water partition coefficient (Wildman–Crippen LogP) is 2.55. The van der Waals surface area contributed by atoms with Gasteiger partial charge in [0.1, 0.15) is 5.54 Å². The minimum absolute atomic E-state index is 0.143. The third-order valence-electron chi connectivity index (χ3n) is 6.63. The van der Waals surface area contributed by atoms with E-state index >= 15 is 0 Å². The Morgan fingerprint density at radius 3 is 2.13 bits per heavy atom. The van der Waals surface area contributed by atoms with Crippen LogP contribution in [-0.4, -0.2) is 68.9 Å². The topological polar surface area (TPSA) is 64.1 Å². The van der Waals surface area contributed by atoms with Gasteiger partial charge in [-0.05, 0) is 29.7 Å². The highest BCUT2D eigenvalue weighted by molar-refractivity contribution is 6.31. The first-order valence-electron chi connectivity index (χ1n) is 10.4. The number of likely N-dealkylation sites (tertiary alicyclic amines) is 1. The number of benzene rings is 2. The summed E-state index contributed by atoms with van der Waals surface area (Å²) in [5, 5.41) is 11.5. The van der Waals surface area contributed by atoms with Gasteiger partial charge in [-0.15, -0.1) is 0 Å². The van der Waals surface area contributed by atoms with Crippen LogP contribution in [0, 0.1) is 0 Å². The summed E-state index contributed by atoms with van der Waals surface area (Å²) in [5.74, 6) is -0.463. The van der Waals surface area contributed by atoms with Crippen LogP contribution in [0.25, 0.3) is 0 Å². The van der Waals surface area contributed by atoms with E-state index in [-0.39, 0.29) is 18.4 Å². The van der Waals surface area contributed by atoms with Crippen molar-refractivity contribution >= 4 is 35.0 Å². The van der Waals surface area contributed by atoms with Crippen LogP contribution >= 0.6 is 23.2 Å². The van der Waals surface area contributed by atoms with E-state index in [1.54, 1.807) is 6.07 Å². The molecule has 0 saturated carbocycles. The van der Waals surface area contributed by atoms with E-state index in [1.165, 1.54) is 4.90 Å². The van der Waals surface area contributed by atoms with Crippen LogP contribution in [0.3, 0.4) is 0 Å². The molecule has 8 heteroatoms. The zero-order chi connectivity index (χ0) is 21.8. The highest BCUT2D eigenvalue weighted by Crippen LogP contribution is 2.41. The Balaban J connectivity index is 1.41. The number of amides is 2. The lowest BCUT2D eigenvalue weighted by molar-refractivity contribution is -0.181. The second-order valence-electron chi connectivity index (χ2n) is 8.65. The van der Waals surface area contributed by atoms with Crippen LogP contribution in [0.5, 0.6) is 0 Å². The molecule has 3 aliphatic heterocycles. The van der Waals surface area contributed by atoms with Gasteiger partial charge in [-0.1, -0.05) is 59.6 Å². The van der Waals surface area contributed by atoms with Gasteiger partial charge in [0.25, 0.3) is 5.91 Å². The smallest absolute Gasteiger partial charge is 0.252 e. The van der Waals surface area contributed by atoms with Gasteiger partial charge < -0.3 is 5.11 Å². The van der Waals surface area contributed by atoms with Gasteiger partial charge in [-0.2, -0.15) is 0 Å². The molecule has 6 nitrogen and oxygen atoms in total. The molecule has 0 aromatic heterocycles. The lowest BCUT2D eigenvalue weighted by Crippen LogP contribution is -2.81. The van der Waals surface area contributed by atoms with Crippen molar-refractivity contribution in [3.63, 3.8) is 0 Å². The molecule has 1 spiro atoms. The van der Waals surface area contributed by atoms with Crippen LogP contribution in [-0.2, 0) is 22.7 Å². The monoisotopic (exact) mass is 459 g/mol. The molecule has 3 fully saturated rings. The van der Waals surface area contributed by atoms with E-state index in [9.17, 15) is 14.7 Å². The van der Waals surface area contributed by atoms with Gasteiger partial charge in [0.15, 0.2) is 0 Å². The molecule has 0 unspecified atom stereocenters. The average molecular weight is 460 g/mol. The molecule has 0 aliphatic carbocycles. The van der Waals surface area contributed by atoms with Crippen LogP contribution in [0.15, 0.2) is 48.5 Å². The van der Waals surface area contributed by atoms with E-state index in [0.29, 0.717) is 42.6 Å². The fourth-order valence-electron chi connectivity index (χ4n) is 5.11. The standard InChI is InChI=1S/C23H23Cl2N3O3/c24-18-7-3-1-5-15(18)10-26-13-23(14-26)22(31)27(11-16-6-2-4-8-19(16)25)21(30)20-9-17(29)12-28(20)23/h1-8,17,20,29H,9-14H2/t17-,20+/m1/s1. The number of carbonyl (C=O) groups is 2. The highest BCUT2D eigenvalue weighted by atomic mass is 35.5. The molecule has 3 saturated heterocycles. The summed E-state index contributed by atoms with van der Waals surface area (Å²) in [6, 6.07) is 14.4. The molecule has 2 atom stereocenters. The molecule has 1 N–H and O–H groups in total. The zero-order valence-corrected chi connectivity index (χ0v) is 18.4. The maximum atomic E-state index is 13.7. The predicted molar refractivity (Wildman–Crippen MR) is 118 cm³/mol. The van der Waals surface area contributed by atoms with Gasteiger partial charge in [-0.25, -0.2) is 0 Å². The molecule has 2 aromatic rings. The van der Waals surface area contributed by atoms with Crippen LogP contribution < -0.4 is 0 Å². The summed E-state index contributed by atoms with van der Waals surface area (Å²) in [5.41, 5.74) is 0.933. The third kappa shape index (κ3) is 3.47. The van der Waals surface area contributed by atoms with Crippen molar-refractivity contribution in [3.8, 4) is 0 Å². The number of nitrogens with zero attached hydrogens (tertiary/aromatic N) is 3. The van der Waals surface area contributed by atoms with E-state index < -0.39 is 17.7 Å². The second-order valence-corrected chi connectivity index (χ2v) is 9.46. The van der Waals surface area contributed by atoms with Crippen molar-refractivity contribution in [1.82, 2.24) is 14.7 Å². The highest BCUT2D eigenvalue weighted by Gasteiger charge is 2.64. The first kappa shape index (κ1) is 20.9. The summed E-state index contributed by atoms with van der Waals surface area (Å²) in [4.78, 5) is 32.3. The number of imide groups is 1.